The summed E-state index contributed by atoms with van der Waals surface area (Å²) in [5.41, 5.74) is 0.624. The Morgan fingerprint density at radius 2 is 2.24 bits per heavy atom. The Labute approximate surface area is 147 Å². The van der Waals surface area contributed by atoms with Crippen LogP contribution in [0, 0.1) is 0 Å². The maximum atomic E-state index is 12.5. The average molecular weight is 347 g/mol. The maximum Gasteiger partial charge on any atom is 0.410 e. The van der Waals surface area contributed by atoms with Crippen LogP contribution in [0.25, 0.3) is 0 Å². The van der Waals surface area contributed by atoms with E-state index in [4.69, 9.17) is 4.74 Å². The van der Waals surface area contributed by atoms with Gasteiger partial charge in [0.2, 0.25) is 0 Å². The first-order chi connectivity index (χ1) is 12.1. The highest BCUT2D eigenvalue weighted by Crippen LogP contribution is 2.35. The first kappa shape index (κ1) is 16.2. The molecular weight excluding hydrogens is 322 g/mol. The van der Waals surface area contributed by atoms with Gasteiger partial charge in [0.1, 0.15) is 5.60 Å². The molecule has 3 amide bonds. The maximum absolute atomic E-state index is 12.5. The zero-order valence-electron chi connectivity index (χ0n) is 14.6. The van der Waals surface area contributed by atoms with E-state index in [1.807, 2.05) is 17.4 Å². The van der Waals surface area contributed by atoms with Crippen molar-refractivity contribution in [2.45, 2.75) is 50.3 Å². The predicted molar refractivity (Wildman–Crippen MR) is 90.0 cm³/mol. The molecule has 8 nitrogen and oxygen atoms in total. The average Bonchev–Trinajstić information content (AvgIpc) is 3.30. The van der Waals surface area contributed by atoms with Gasteiger partial charge in [0.15, 0.2) is 0 Å². The molecule has 1 aromatic heterocycles. The molecule has 4 rings (SSSR count). The summed E-state index contributed by atoms with van der Waals surface area (Å²) in [4.78, 5) is 31.9. The normalized spacial score (nSPS) is 26.7. The Morgan fingerprint density at radius 3 is 2.96 bits per heavy atom. The van der Waals surface area contributed by atoms with E-state index in [9.17, 15) is 9.59 Å². The fourth-order valence-corrected chi connectivity index (χ4v) is 3.85. The predicted octanol–water partition coefficient (Wildman–Crippen LogP) is 1.73. The molecule has 2 saturated heterocycles. The summed E-state index contributed by atoms with van der Waals surface area (Å²) in [7, 11) is 1.76. The van der Waals surface area contributed by atoms with Gasteiger partial charge in [0, 0.05) is 38.8 Å². The second kappa shape index (κ2) is 6.24. The number of hydrogen-bond donors (Lipinski definition) is 1. The molecule has 0 bridgehead atoms. The topological polar surface area (TPSA) is 79.7 Å². The van der Waals surface area contributed by atoms with Gasteiger partial charge in [0.05, 0.1) is 25.1 Å². The Hall–Kier alpha value is -2.25. The zero-order valence-corrected chi connectivity index (χ0v) is 14.6. The Morgan fingerprint density at radius 1 is 1.40 bits per heavy atom. The van der Waals surface area contributed by atoms with Gasteiger partial charge in [0.25, 0.3) is 0 Å². The molecule has 3 fully saturated rings. The van der Waals surface area contributed by atoms with E-state index in [0.717, 1.165) is 18.5 Å². The first-order valence-corrected chi connectivity index (χ1v) is 9.04. The first-order valence-electron chi connectivity index (χ1n) is 9.04. The van der Waals surface area contributed by atoms with Crippen molar-refractivity contribution in [1.29, 1.82) is 0 Å². The minimum Gasteiger partial charge on any atom is -0.441 e. The van der Waals surface area contributed by atoms with Gasteiger partial charge in [-0.25, -0.2) is 14.6 Å². The van der Waals surface area contributed by atoms with Crippen molar-refractivity contribution in [2.75, 3.05) is 26.7 Å². The van der Waals surface area contributed by atoms with Crippen LogP contribution in [0.3, 0.4) is 0 Å². The van der Waals surface area contributed by atoms with Crippen LogP contribution in [-0.2, 0) is 11.3 Å². The van der Waals surface area contributed by atoms with E-state index in [-0.39, 0.29) is 12.1 Å². The molecule has 3 aliphatic rings. The quantitative estimate of drug-likeness (QED) is 0.903. The zero-order chi connectivity index (χ0) is 17.4. The van der Waals surface area contributed by atoms with Crippen molar-refractivity contribution >= 4 is 12.1 Å². The molecule has 0 radical (unpaired) electrons. The summed E-state index contributed by atoms with van der Waals surface area (Å²) in [5, 5.41) is 3.01. The van der Waals surface area contributed by atoms with Crippen molar-refractivity contribution in [3.8, 4) is 0 Å². The minimum atomic E-state index is -0.425. The molecule has 2 aliphatic heterocycles. The molecule has 3 heterocycles. The Balaban J connectivity index is 1.32. The van der Waals surface area contributed by atoms with Crippen LogP contribution in [0.2, 0.25) is 0 Å². The molecule has 0 aromatic carbocycles. The molecule has 1 N–H and O–H groups in total. The summed E-state index contributed by atoms with van der Waals surface area (Å²) in [6.45, 7) is 2.40. The van der Waals surface area contributed by atoms with Gasteiger partial charge < -0.3 is 24.4 Å². The second-order valence-electron chi connectivity index (χ2n) is 7.43. The number of carbonyl (C=O) groups excluding carboxylic acids is 2. The van der Waals surface area contributed by atoms with Crippen molar-refractivity contribution in [2.24, 2.45) is 0 Å². The van der Waals surface area contributed by atoms with Crippen LogP contribution in [0.15, 0.2) is 12.5 Å². The number of amides is 3. The summed E-state index contributed by atoms with van der Waals surface area (Å²) in [5.74, 6) is 0. The Bertz CT molecular complexity index is 671. The number of likely N-dealkylation sites (tertiary alicyclic amines) is 1. The number of nitrogens with zero attached hydrogens (tertiary/aromatic N) is 4. The molecule has 1 unspecified atom stereocenters. The second-order valence-corrected chi connectivity index (χ2v) is 7.43. The number of nitrogens with one attached hydrogen (secondary N) is 1. The lowest BCUT2D eigenvalue weighted by atomic mass is 9.95. The van der Waals surface area contributed by atoms with Gasteiger partial charge in [-0.05, 0) is 25.7 Å². The molecule has 1 atom stereocenters. The summed E-state index contributed by atoms with van der Waals surface area (Å²) >= 11 is 0. The third kappa shape index (κ3) is 3.29. The lowest BCUT2D eigenvalue weighted by Gasteiger charge is -2.25. The summed E-state index contributed by atoms with van der Waals surface area (Å²) in [6, 6.07) is 0.500. The number of urea groups is 1. The van der Waals surface area contributed by atoms with Crippen molar-refractivity contribution in [3.63, 3.8) is 0 Å². The van der Waals surface area contributed by atoms with Crippen LogP contribution in [-0.4, -0.2) is 63.8 Å². The number of carbonyl (C=O) groups is 2. The number of imidazole rings is 1. The number of hydrogen-bond acceptors (Lipinski definition) is 4. The molecule has 1 aromatic rings. The molecule has 1 saturated carbocycles. The Kier molecular flexibility index (Phi) is 4.05. The third-order valence-corrected chi connectivity index (χ3v) is 5.43. The van der Waals surface area contributed by atoms with E-state index in [2.05, 4.69) is 14.9 Å². The van der Waals surface area contributed by atoms with Crippen molar-refractivity contribution < 1.29 is 14.3 Å². The fourth-order valence-electron chi connectivity index (χ4n) is 3.85. The molecule has 1 aliphatic carbocycles. The van der Waals surface area contributed by atoms with Gasteiger partial charge >= 0.3 is 12.1 Å². The standard InChI is InChI=1S/C17H25N5O3/c1-20-11-17(25-16(20)24)5-2-7-21(8-6-17)15(23)19-10-14-9-18-12-22(14)13-3-4-13/h9,12-13H,2-8,10-11H2,1H3,(H,19,23). The van der Waals surface area contributed by atoms with Gasteiger partial charge in [-0.15, -0.1) is 0 Å². The molecule has 25 heavy (non-hydrogen) atoms. The lowest BCUT2D eigenvalue weighted by molar-refractivity contribution is 0.0453. The highest BCUT2D eigenvalue weighted by atomic mass is 16.6. The molecule has 1 spiro atoms. The molecule has 8 heteroatoms. The van der Waals surface area contributed by atoms with E-state index in [1.54, 1.807) is 11.9 Å². The van der Waals surface area contributed by atoms with Crippen LogP contribution >= 0.6 is 0 Å². The van der Waals surface area contributed by atoms with Gasteiger partial charge in [-0.1, -0.05) is 0 Å². The van der Waals surface area contributed by atoms with Crippen LogP contribution in [0.1, 0.15) is 43.8 Å². The van der Waals surface area contributed by atoms with Crippen LogP contribution < -0.4 is 5.32 Å². The van der Waals surface area contributed by atoms with E-state index < -0.39 is 5.60 Å². The fraction of sp³-hybridized carbons (Fsp3) is 0.706. The number of likely N-dealkylation sites (N-methyl/N-ethyl adjacent to an activating group) is 1. The van der Waals surface area contributed by atoms with E-state index in [0.29, 0.717) is 38.6 Å². The van der Waals surface area contributed by atoms with Crippen LogP contribution in [0.5, 0.6) is 0 Å². The highest BCUT2D eigenvalue weighted by molar-refractivity contribution is 5.74. The number of aromatic nitrogens is 2. The largest absolute Gasteiger partial charge is 0.441 e. The monoisotopic (exact) mass is 347 g/mol. The van der Waals surface area contributed by atoms with Crippen LogP contribution in [0.4, 0.5) is 9.59 Å². The molecular formula is C17H25N5O3. The van der Waals surface area contributed by atoms with Crippen molar-refractivity contribution in [3.05, 3.63) is 18.2 Å². The molecule has 136 valence electrons. The lowest BCUT2D eigenvalue weighted by Crippen LogP contribution is -2.41. The summed E-state index contributed by atoms with van der Waals surface area (Å²) < 4.78 is 7.75. The van der Waals surface area contributed by atoms with E-state index in [1.165, 1.54) is 12.8 Å². The summed E-state index contributed by atoms with van der Waals surface area (Å²) in [6.07, 6.45) is 8.14. The smallest absolute Gasteiger partial charge is 0.410 e. The number of ether oxygens (including phenoxy) is 1. The highest BCUT2D eigenvalue weighted by Gasteiger charge is 2.44. The number of rotatable bonds is 3. The minimum absolute atomic E-state index is 0.0572. The van der Waals surface area contributed by atoms with Gasteiger partial charge in [-0.3, -0.25) is 0 Å². The SMILES string of the molecule is CN1CC2(CCCN(C(=O)NCc3cncn3C3CC3)CC2)OC1=O. The van der Waals surface area contributed by atoms with Gasteiger partial charge in [-0.2, -0.15) is 0 Å². The van der Waals surface area contributed by atoms with Crippen molar-refractivity contribution in [1.82, 2.24) is 24.7 Å². The third-order valence-electron chi connectivity index (χ3n) is 5.43. The van der Waals surface area contributed by atoms with E-state index >= 15 is 0 Å².